The summed E-state index contributed by atoms with van der Waals surface area (Å²) in [4.78, 5) is 38.9. The van der Waals surface area contributed by atoms with Crippen LogP contribution in [0.5, 0.6) is 0 Å². The number of esters is 1. The van der Waals surface area contributed by atoms with E-state index in [0.717, 1.165) is 16.0 Å². The van der Waals surface area contributed by atoms with Crippen molar-refractivity contribution in [3.8, 4) is 0 Å². The van der Waals surface area contributed by atoms with Gasteiger partial charge in [0, 0.05) is 0 Å². The Labute approximate surface area is 191 Å². The molecule has 0 aromatic heterocycles. The van der Waals surface area contributed by atoms with Crippen LogP contribution in [0.2, 0.25) is 0 Å². The Morgan fingerprint density at radius 2 is 1.45 bits per heavy atom. The van der Waals surface area contributed by atoms with Gasteiger partial charge in [-0.3, -0.25) is 4.79 Å². The third-order valence-electron chi connectivity index (χ3n) is 6.00. The molecule has 2 aromatic rings. The maximum Gasteiger partial charge on any atom is 0.408 e. The molecule has 33 heavy (non-hydrogen) atoms. The standard InChI is InChI=1S/C23H24N2O7S/c1-23(2)18(21(27)31-13-15-9-5-3-6-10-15)25-19(26)17(20(25)33(23,29)30)24-22(28)32-14-16-11-7-4-8-12-16/h3-12,17-18,20H,13-14H2,1-2H3,(H,24,28)/t17?,18-,20+/m0/s1. The molecule has 2 saturated heterocycles. The van der Waals surface area contributed by atoms with Gasteiger partial charge in [-0.25, -0.2) is 18.0 Å². The molecule has 2 amide bonds. The maximum atomic E-state index is 13.2. The van der Waals surface area contributed by atoms with Gasteiger partial charge in [-0.2, -0.15) is 0 Å². The van der Waals surface area contributed by atoms with E-state index < -0.39 is 50.0 Å². The van der Waals surface area contributed by atoms with Crippen LogP contribution in [0.25, 0.3) is 0 Å². The van der Waals surface area contributed by atoms with Crippen LogP contribution in [0.15, 0.2) is 60.7 Å². The number of nitrogens with zero attached hydrogens (tertiary/aromatic N) is 1. The zero-order chi connectivity index (χ0) is 23.8. The molecule has 2 aliphatic heterocycles. The summed E-state index contributed by atoms with van der Waals surface area (Å²) >= 11 is 0. The van der Waals surface area contributed by atoms with Gasteiger partial charge in [0.1, 0.15) is 30.0 Å². The normalized spacial score (nSPS) is 24.4. The summed E-state index contributed by atoms with van der Waals surface area (Å²) in [7, 11) is -4.00. The van der Waals surface area contributed by atoms with Crippen LogP contribution >= 0.6 is 0 Å². The number of hydrogen-bond acceptors (Lipinski definition) is 7. The molecule has 0 bridgehead atoms. The highest BCUT2D eigenvalue weighted by Crippen LogP contribution is 2.46. The minimum atomic E-state index is -4.00. The van der Waals surface area contributed by atoms with Gasteiger partial charge >= 0.3 is 12.1 Å². The molecule has 4 rings (SSSR count). The van der Waals surface area contributed by atoms with Crippen LogP contribution in [0.3, 0.4) is 0 Å². The number of sulfone groups is 1. The zero-order valence-corrected chi connectivity index (χ0v) is 18.9. The van der Waals surface area contributed by atoms with E-state index >= 15 is 0 Å². The average Bonchev–Trinajstić information content (AvgIpc) is 2.95. The summed E-state index contributed by atoms with van der Waals surface area (Å²) in [5.41, 5.74) is 1.47. The lowest BCUT2D eigenvalue weighted by Gasteiger charge is -2.42. The fourth-order valence-electron chi connectivity index (χ4n) is 4.12. The first-order chi connectivity index (χ1) is 15.6. The molecule has 0 saturated carbocycles. The van der Waals surface area contributed by atoms with Crippen LogP contribution < -0.4 is 5.32 Å². The minimum absolute atomic E-state index is 0.0331. The van der Waals surface area contributed by atoms with E-state index in [1.54, 1.807) is 48.5 Å². The van der Waals surface area contributed by atoms with Gasteiger partial charge in [-0.05, 0) is 25.0 Å². The smallest absolute Gasteiger partial charge is 0.408 e. The molecule has 10 heteroatoms. The topological polar surface area (TPSA) is 119 Å². The SMILES string of the molecule is CC1(C)[C@H](C(=O)OCc2ccccc2)N2C(=O)C(NC(=O)OCc3ccccc3)[C@H]2S1(=O)=O. The Morgan fingerprint density at radius 3 is 2.00 bits per heavy atom. The Bertz CT molecular complexity index is 1170. The molecular formula is C23H24N2O7S. The van der Waals surface area contributed by atoms with Crippen LogP contribution in [0.4, 0.5) is 4.79 Å². The molecule has 1 N–H and O–H groups in total. The van der Waals surface area contributed by atoms with Crippen molar-refractivity contribution >= 4 is 27.8 Å². The second-order valence-electron chi connectivity index (χ2n) is 8.46. The van der Waals surface area contributed by atoms with Gasteiger partial charge in [-0.15, -0.1) is 0 Å². The van der Waals surface area contributed by atoms with Crippen LogP contribution in [-0.4, -0.2) is 53.5 Å². The molecular weight excluding hydrogens is 448 g/mol. The number of nitrogens with one attached hydrogen (secondary N) is 1. The van der Waals surface area contributed by atoms with Crippen molar-refractivity contribution in [2.75, 3.05) is 0 Å². The van der Waals surface area contributed by atoms with E-state index in [4.69, 9.17) is 9.47 Å². The molecule has 9 nitrogen and oxygen atoms in total. The van der Waals surface area contributed by atoms with Crippen molar-refractivity contribution in [3.05, 3.63) is 71.8 Å². The van der Waals surface area contributed by atoms with Gasteiger partial charge in [-0.1, -0.05) is 60.7 Å². The quantitative estimate of drug-likeness (QED) is 0.503. The number of ether oxygens (including phenoxy) is 2. The van der Waals surface area contributed by atoms with Gasteiger partial charge in [0.15, 0.2) is 15.2 Å². The van der Waals surface area contributed by atoms with Crippen LogP contribution in [-0.2, 0) is 42.1 Å². The molecule has 0 spiro atoms. The van der Waals surface area contributed by atoms with Crippen molar-refractivity contribution in [1.29, 1.82) is 0 Å². The number of carbonyl (C=O) groups is 3. The lowest BCUT2D eigenvalue weighted by atomic mass is 9.96. The van der Waals surface area contributed by atoms with Crippen molar-refractivity contribution < 1.29 is 32.3 Å². The second-order valence-corrected chi connectivity index (χ2v) is 11.1. The first-order valence-electron chi connectivity index (χ1n) is 10.4. The fourth-order valence-corrected chi connectivity index (χ4v) is 6.33. The average molecular weight is 473 g/mol. The highest BCUT2D eigenvalue weighted by molar-refractivity contribution is 7.94. The lowest BCUT2D eigenvalue weighted by molar-refractivity contribution is -0.164. The number of β-lactam (4-membered cyclic amide) rings is 1. The highest BCUT2D eigenvalue weighted by Gasteiger charge is 2.72. The summed E-state index contributed by atoms with van der Waals surface area (Å²) in [5.74, 6) is -1.49. The van der Waals surface area contributed by atoms with E-state index in [1.807, 2.05) is 12.1 Å². The summed E-state index contributed by atoms with van der Waals surface area (Å²) in [6, 6.07) is 15.2. The number of benzene rings is 2. The van der Waals surface area contributed by atoms with E-state index in [-0.39, 0.29) is 13.2 Å². The Kier molecular flexibility index (Phi) is 5.87. The van der Waals surface area contributed by atoms with E-state index in [0.29, 0.717) is 0 Å². The first-order valence-corrected chi connectivity index (χ1v) is 11.9. The third-order valence-corrected chi connectivity index (χ3v) is 8.83. The summed E-state index contributed by atoms with van der Waals surface area (Å²) in [6.45, 7) is 2.68. The zero-order valence-electron chi connectivity index (χ0n) is 18.1. The van der Waals surface area contributed by atoms with Crippen LogP contribution in [0.1, 0.15) is 25.0 Å². The summed E-state index contributed by atoms with van der Waals surface area (Å²) in [6.07, 6.45) is -0.917. The predicted molar refractivity (Wildman–Crippen MR) is 117 cm³/mol. The van der Waals surface area contributed by atoms with Crippen molar-refractivity contribution in [3.63, 3.8) is 0 Å². The first kappa shape index (κ1) is 22.8. The molecule has 2 aliphatic rings. The fraction of sp³-hybridized carbons (Fsp3) is 0.348. The largest absolute Gasteiger partial charge is 0.459 e. The van der Waals surface area contributed by atoms with Crippen molar-refractivity contribution in [2.24, 2.45) is 0 Å². The summed E-state index contributed by atoms with van der Waals surface area (Å²) < 4.78 is 35.2. The Morgan fingerprint density at radius 1 is 0.939 bits per heavy atom. The molecule has 1 unspecified atom stereocenters. The van der Waals surface area contributed by atoms with Crippen molar-refractivity contribution in [2.45, 2.75) is 49.3 Å². The van der Waals surface area contributed by atoms with Crippen LogP contribution in [0, 0.1) is 0 Å². The molecule has 0 radical (unpaired) electrons. The van der Waals surface area contributed by atoms with Gasteiger partial charge in [0.2, 0.25) is 5.91 Å². The highest BCUT2D eigenvalue weighted by atomic mass is 32.2. The number of fused-ring (bicyclic) bond motifs is 1. The number of carbonyl (C=O) groups excluding carboxylic acids is 3. The number of alkyl carbamates (subject to hydrolysis) is 1. The van der Waals surface area contributed by atoms with E-state index in [1.165, 1.54) is 13.8 Å². The van der Waals surface area contributed by atoms with Gasteiger partial charge in [0.25, 0.3) is 0 Å². The Balaban J connectivity index is 1.45. The molecule has 2 heterocycles. The molecule has 0 aliphatic carbocycles. The minimum Gasteiger partial charge on any atom is -0.459 e. The lowest BCUT2D eigenvalue weighted by Crippen LogP contribution is -2.72. The third kappa shape index (κ3) is 3.95. The molecule has 2 fully saturated rings. The van der Waals surface area contributed by atoms with Gasteiger partial charge < -0.3 is 19.7 Å². The summed E-state index contributed by atoms with van der Waals surface area (Å²) in [5, 5.41) is 0.972. The second kappa shape index (κ2) is 8.51. The number of rotatable bonds is 6. The van der Waals surface area contributed by atoms with Crippen molar-refractivity contribution in [1.82, 2.24) is 10.2 Å². The van der Waals surface area contributed by atoms with E-state index in [9.17, 15) is 22.8 Å². The maximum absolute atomic E-state index is 13.2. The van der Waals surface area contributed by atoms with E-state index in [2.05, 4.69) is 5.32 Å². The van der Waals surface area contributed by atoms with Gasteiger partial charge in [0.05, 0.1) is 0 Å². The molecule has 2 aromatic carbocycles. The molecule has 174 valence electrons. The number of amides is 2. The number of hydrogen-bond donors (Lipinski definition) is 1. The predicted octanol–water partition coefficient (Wildman–Crippen LogP) is 1.77. The Hall–Kier alpha value is -3.40. The monoisotopic (exact) mass is 472 g/mol. The molecule has 3 atom stereocenters.